The predicted octanol–water partition coefficient (Wildman–Crippen LogP) is 3.49. The van der Waals surface area contributed by atoms with E-state index in [4.69, 9.17) is 0 Å². The van der Waals surface area contributed by atoms with Crippen LogP contribution in [0.25, 0.3) is 10.4 Å². The Morgan fingerprint density at radius 3 is 2.65 bits per heavy atom. The van der Waals surface area contributed by atoms with Gasteiger partial charge >= 0.3 is 0 Å². The standard InChI is InChI=1S/C16H15N3S/c1-2-6-14(7-3-1)15-11-19-16(20-15)12-18-10-13-5-4-8-17-9-13/h1-9,11,18H,10,12H2. The molecule has 0 aliphatic heterocycles. The number of nitrogens with one attached hydrogen (secondary N) is 1. The minimum Gasteiger partial charge on any atom is -0.306 e. The highest BCUT2D eigenvalue weighted by molar-refractivity contribution is 7.15. The Balaban J connectivity index is 1.58. The van der Waals surface area contributed by atoms with Crippen molar-refractivity contribution >= 4 is 11.3 Å². The zero-order valence-electron chi connectivity index (χ0n) is 11.0. The van der Waals surface area contributed by atoms with Crippen LogP contribution in [-0.4, -0.2) is 9.97 Å². The highest BCUT2D eigenvalue weighted by Gasteiger charge is 2.03. The molecule has 2 aromatic heterocycles. The van der Waals surface area contributed by atoms with Gasteiger partial charge in [-0.15, -0.1) is 11.3 Å². The van der Waals surface area contributed by atoms with E-state index >= 15 is 0 Å². The molecule has 0 saturated carbocycles. The van der Waals surface area contributed by atoms with Crippen LogP contribution in [0.3, 0.4) is 0 Å². The molecule has 3 aromatic rings. The number of rotatable bonds is 5. The summed E-state index contributed by atoms with van der Waals surface area (Å²) in [5.74, 6) is 0. The molecule has 3 rings (SSSR count). The molecule has 0 atom stereocenters. The fourth-order valence-electron chi connectivity index (χ4n) is 1.94. The van der Waals surface area contributed by atoms with Crippen molar-refractivity contribution in [2.75, 3.05) is 0 Å². The first kappa shape index (κ1) is 13.0. The Hall–Kier alpha value is -2.04. The van der Waals surface area contributed by atoms with E-state index in [1.165, 1.54) is 16.0 Å². The van der Waals surface area contributed by atoms with Crippen LogP contribution in [0.2, 0.25) is 0 Å². The summed E-state index contributed by atoms with van der Waals surface area (Å²) in [7, 11) is 0. The summed E-state index contributed by atoms with van der Waals surface area (Å²) in [5.41, 5.74) is 2.41. The lowest BCUT2D eigenvalue weighted by atomic mass is 10.2. The van der Waals surface area contributed by atoms with Gasteiger partial charge in [0, 0.05) is 31.7 Å². The van der Waals surface area contributed by atoms with E-state index in [0.717, 1.165) is 18.1 Å². The first-order chi connectivity index (χ1) is 9.92. The second-order valence-electron chi connectivity index (χ2n) is 4.45. The lowest BCUT2D eigenvalue weighted by Gasteiger charge is -2.01. The van der Waals surface area contributed by atoms with E-state index < -0.39 is 0 Å². The zero-order chi connectivity index (χ0) is 13.6. The van der Waals surface area contributed by atoms with Gasteiger partial charge in [-0.2, -0.15) is 0 Å². The number of hydrogen-bond donors (Lipinski definition) is 1. The average molecular weight is 281 g/mol. The zero-order valence-corrected chi connectivity index (χ0v) is 11.8. The van der Waals surface area contributed by atoms with Crippen LogP contribution in [-0.2, 0) is 13.1 Å². The second-order valence-corrected chi connectivity index (χ2v) is 5.56. The molecule has 0 bridgehead atoms. The molecule has 4 heteroatoms. The van der Waals surface area contributed by atoms with Gasteiger partial charge in [0.05, 0.1) is 4.88 Å². The monoisotopic (exact) mass is 281 g/mol. The Kier molecular flexibility index (Phi) is 4.16. The molecule has 100 valence electrons. The number of nitrogens with zero attached hydrogens (tertiary/aromatic N) is 2. The summed E-state index contributed by atoms with van der Waals surface area (Å²) >= 11 is 1.73. The molecular formula is C16H15N3S. The Morgan fingerprint density at radius 2 is 1.85 bits per heavy atom. The molecule has 0 fully saturated rings. The minimum atomic E-state index is 0.784. The quantitative estimate of drug-likeness (QED) is 0.778. The van der Waals surface area contributed by atoms with Crippen molar-refractivity contribution in [1.82, 2.24) is 15.3 Å². The molecule has 0 spiro atoms. The summed E-state index contributed by atoms with van der Waals surface area (Å²) in [6.07, 6.45) is 5.61. The summed E-state index contributed by atoms with van der Waals surface area (Å²) in [5, 5.41) is 4.50. The summed E-state index contributed by atoms with van der Waals surface area (Å²) in [4.78, 5) is 9.78. The number of aromatic nitrogens is 2. The first-order valence-corrected chi connectivity index (χ1v) is 7.33. The summed E-state index contributed by atoms with van der Waals surface area (Å²) in [6.45, 7) is 1.60. The molecule has 1 N–H and O–H groups in total. The number of benzene rings is 1. The van der Waals surface area contributed by atoms with Crippen LogP contribution in [0, 0.1) is 0 Å². The van der Waals surface area contributed by atoms with Gasteiger partial charge in [0.15, 0.2) is 0 Å². The van der Waals surface area contributed by atoms with Gasteiger partial charge in [0.1, 0.15) is 5.01 Å². The summed E-state index contributed by atoms with van der Waals surface area (Å²) in [6, 6.07) is 14.4. The fraction of sp³-hybridized carbons (Fsp3) is 0.125. The van der Waals surface area contributed by atoms with Gasteiger partial charge in [0.25, 0.3) is 0 Å². The van der Waals surface area contributed by atoms with Gasteiger partial charge in [0.2, 0.25) is 0 Å². The van der Waals surface area contributed by atoms with Crippen molar-refractivity contribution in [3.63, 3.8) is 0 Å². The van der Waals surface area contributed by atoms with Gasteiger partial charge in [-0.1, -0.05) is 36.4 Å². The van der Waals surface area contributed by atoms with Crippen molar-refractivity contribution in [2.45, 2.75) is 13.1 Å². The van der Waals surface area contributed by atoms with E-state index in [2.05, 4.69) is 45.6 Å². The lowest BCUT2D eigenvalue weighted by molar-refractivity contribution is 0.688. The van der Waals surface area contributed by atoms with Crippen molar-refractivity contribution in [1.29, 1.82) is 0 Å². The van der Waals surface area contributed by atoms with E-state index in [1.54, 1.807) is 17.5 Å². The van der Waals surface area contributed by atoms with Crippen molar-refractivity contribution < 1.29 is 0 Å². The molecule has 0 radical (unpaired) electrons. The molecule has 2 heterocycles. The normalized spacial score (nSPS) is 10.6. The molecule has 1 aromatic carbocycles. The average Bonchev–Trinajstić information content (AvgIpc) is 2.98. The number of hydrogen-bond acceptors (Lipinski definition) is 4. The van der Waals surface area contributed by atoms with Crippen LogP contribution in [0.4, 0.5) is 0 Å². The van der Waals surface area contributed by atoms with Gasteiger partial charge < -0.3 is 5.32 Å². The molecular weight excluding hydrogens is 266 g/mol. The van der Waals surface area contributed by atoms with Crippen LogP contribution < -0.4 is 5.32 Å². The number of thiazole rings is 1. The maximum absolute atomic E-state index is 4.46. The highest BCUT2D eigenvalue weighted by atomic mass is 32.1. The third-order valence-corrected chi connectivity index (χ3v) is 3.99. The van der Waals surface area contributed by atoms with E-state index in [0.29, 0.717) is 0 Å². The molecule has 3 nitrogen and oxygen atoms in total. The van der Waals surface area contributed by atoms with Gasteiger partial charge in [-0.3, -0.25) is 4.98 Å². The van der Waals surface area contributed by atoms with E-state index in [9.17, 15) is 0 Å². The maximum Gasteiger partial charge on any atom is 0.107 e. The number of pyridine rings is 1. The molecule has 0 unspecified atom stereocenters. The molecule has 0 aliphatic rings. The van der Waals surface area contributed by atoms with Gasteiger partial charge in [-0.05, 0) is 17.2 Å². The minimum absolute atomic E-state index is 0.784. The van der Waals surface area contributed by atoms with E-state index in [-0.39, 0.29) is 0 Å². The molecule has 0 saturated heterocycles. The smallest absolute Gasteiger partial charge is 0.107 e. The largest absolute Gasteiger partial charge is 0.306 e. The van der Waals surface area contributed by atoms with Crippen molar-refractivity contribution in [2.24, 2.45) is 0 Å². The third kappa shape index (κ3) is 3.29. The van der Waals surface area contributed by atoms with Crippen molar-refractivity contribution in [3.8, 4) is 10.4 Å². The van der Waals surface area contributed by atoms with Gasteiger partial charge in [-0.25, -0.2) is 4.98 Å². The fourth-order valence-corrected chi connectivity index (χ4v) is 2.84. The maximum atomic E-state index is 4.46. The van der Waals surface area contributed by atoms with Crippen molar-refractivity contribution in [3.05, 3.63) is 71.6 Å². The van der Waals surface area contributed by atoms with Crippen LogP contribution in [0.1, 0.15) is 10.6 Å². The topological polar surface area (TPSA) is 37.8 Å². The SMILES string of the molecule is c1ccc(-c2cnc(CNCc3cccnc3)s2)cc1. The molecule has 0 aliphatic carbocycles. The van der Waals surface area contributed by atoms with Crippen LogP contribution in [0.15, 0.2) is 61.1 Å². The van der Waals surface area contributed by atoms with Crippen LogP contribution in [0.5, 0.6) is 0 Å². The Bertz CT molecular complexity index is 650. The first-order valence-electron chi connectivity index (χ1n) is 6.51. The predicted molar refractivity (Wildman–Crippen MR) is 82.3 cm³/mol. The Morgan fingerprint density at radius 1 is 0.950 bits per heavy atom. The lowest BCUT2D eigenvalue weighted by Crippen LogP contribution is -2.12. The molecule has 20 heavy (non-hydrogen) atoms. The van der Waals surface area contributed by atoms with E-state index in [1.807, 2.05) is 24.5 Å². The van der Waals surface area contributed by atoms with Crippen LogP contribution >= 0.6 is 11.3 Å². The Labute approximate surface area is 122 Å². The highest BCUT2D eigenvalue weighted by Crippen LogP contribution is 2.25. The third-order valence-electron chi connectivity index (χ3n) is 2.94. The molecule has 0 amide bonds. The second kappa shape index (κ2) is 6.41. The summed E-state index contributed by atoms with van der Waals surface area (Å²) < 4.78 is 0.